The molecule has 6 heteroatoms. The van der Waals surface area contributed by atoms with E-state index >= 15 is 0 Å². The quantitative estimate of drug-likeness (QED) is 0.666. The Bertz CT molecular complexity index is 533. The number of rotatable bonds is 7. The number of ether oxygens (including phenoxy) is 2. The predicted molar refractivity (Wildman–Crippen MR) is 95.6 cm³/mol. The molecule has 3 N–H and O–H groups in total. The highest BCUT2D eigenvalue weighted by molar-refractivity contribution is 5.85. The lowest BCUT2D eigenvalue weighted by atomic mass is 10.0. The number of carbonyl (C=O) groups excluding carboxylic acids is 1. The Balaban J connectivity index is 2.44. The molecule has 0 fully saturated rings. The maximum absolute atomic E-state index is 11.8. The van der Waals surface area contributed by atoms with Crippen molar-refractivity contribution < 1.29 is 19.4 Å². The van der Waals surface area contributed by atoms with E-state index in [9.17, 15) is 9.90 Å². The highest BCUT2D eigenvalue weighted by Gasteiger charge is 2.21. The van der Waals surface area contributed by atoms with Crippen LogP contribution in [-0.4, -0.2) is 41.6 Å². The zero-order chi connectivity index (χ0) is 18.4. The summed E-state index contributed by atoms with van der Waals surface area (Å²) in [5.74, 6) is 0.654. The maximum atomic E-state index is 11.8. The molecule has 0 aliphatic carbocycles. The van der Waals surface area contributed by atoms with Crippen LogP contribution in [0.2, 0.25) is 0 Å². The molecule has 0 heterocycles. The fourth-order valence-electron chi connectivity index (χ4n) is 1.78. The van der Waals surface area contributed by atoms with Gasteiger partial charge in [-0.15, -0.1) is 0 Å². The molecule has 0 aliphatic rings. The van der Waals surface area contributed by atoms with E-state index in [-0.39, 0.29) is 6.04 Å². The summed E-state index contributed by atoms with van der Waals surface area (Å²) in [6.07, 6.45) is -0.500. The molecule has 0 saturated carbocycles. The van der Waals surface area contributed by atoms with Crippen molar-refractivity contribution in [2.75, 3.05) is 18.5 Å². The van der Waals surface area contributed by atoms with Gasteiger partial charge >= 0.3 is 6.09 Å². The molecule has 0 saturated heterocycles. The summed E-state index contributed by atoms with van der Waals surface area (Å²) in [7, 11) is 0. The van der Waals surface area contributed by atoms with Crippen molar-refractivity contribution in [3.8, 4) is 5.75 Å². The number of benzene rings is 1. The van der Waals surface area contributed by atoms with E-state index in [0.717, 1.165) is 0 Å². The summed E-state index contributed by atoms with van der Waals surface area (Å²) in [6.45, 7) is 11.9. The Morgan fingerprint density at radius 3 is 2.50 bits per heavy atom. The van der Waals surface area contributed by atoms with E-state index in [0.29, 0.717) is 24.6 Å². The Morgan fingerprint density at radius 2 is 1.92 bits per heavy atom. The van der Waals surface area contributed by atoms with Gasteiger partial charge in [-0.25, -0.2) is 4.79 Å². The number of nitrogens with one attached hydrogen (secondary N) is 2. The van der Waals surface area contributed by atoms with Gasteiger partial charge in [-0.1, -0.05) is 6.07 Å². The number of anilines is 1. The minimum atomic E-state index is -0.781. The predicted octanol–water partition coefficient (Wildman–Crippen LogP) is 3.16. The molecule has 1 unspecified atom stereocenters. The van der Waals surface area contributed by atoms with Crippen molar-refractivity contribution in [1.29, 1.82) is 0 Å². The Kier molecular flexibility index (Phi) is 7.05. The van der Waals surface area contributed by atoms with E-state index in [1.807, 2.05) is 33.8 Å². The molecule has 0 radical (unpaired) electrons. The third-order valence-electron chi connectivity index (χ3n) is 3.36. The molecule has 0 aliphatic heterocycles. The third-order valence-corrected chi connectivity index (χ3v) is 3.36. The molecule has 1 atom stereocenters. The lowest BCUT2D eigenvalue weighted by Gasteiger charge is -2.26. The van der Waals surface area contributed by atoms with Crippen LogP contribution in [0, 0.1) is 0 Å². The molecule has 6 nitrogen and oxygen atoms in total. The van der Waals surface area contributed by atoms with Gasteiger partial charge in [0, 0.05) is 24.3 Å². The molecule has 24 heavy (non-hydrogen) atoms. The summed E-state index contributed by atoms with van der Waals surface area (Å²) in [4.78, 5) is 11.8. The maximum Gasteiger partial charge on any atom is 0.412 e. The summed E-state index contributed by atoms with van der Waals surface area (Å²) in [6, 6.07) is 7.09. The molecule has 1 amide bonds. The van der Waals surface area contributed by atoms with Gasteiger partial charge < -0.3 is 19.9 Å². The smallest absolute Gasteiger partial charge is 0.412 e. The van der Waals surface area contributed by atoms with Crippen molar-refractivity contribution in [2.24, 2.45) is 0 Å². The van der Waals surface area contributed by atoms with Crippen molar-refractivity contribution in [3.63, 3.8) is 0 Å². The van der Waals surface area contributed by atoms with Gasteiger partial charge in [0.15, 0.2) is 0 Å². The van der Waals surface area contributed by atoms with Gasteiger partial charge in [0.25, 0.3) is 0 Å². The molecule has 0 bridgehead atoms. The van der Waals surface area contributed by atoms with Crippen LogP contribution >= 0.6 is 0 Å². The van der Waals surface area contributed by atoms with Crippen LogP contribution in [0.1, 0.15) is 41.5 Å². The van der Waals surface area contributed by atoms with Gasteiger partial charge in [-0.2, -0.15) is 0 Å². The van der Waals surface area contributed by atoms with E-state index in [2.05, 4.69) is 10.6 Å². The van der Waals surface area contributed by atoms with Crippen LogP contribution in [-0.2, 0) is 4.74 Å². The van der Waals surface area contributed by atoms with Crippen LogP contribution in [0.25, 0.3) is 0 Å². The first-order valence-corrected chi connectivity index (χ1v) is 8.16. The molecular formula is C18H30N2O4. The summed E-state index contributed by atoms with van der Waals surface area (Å²) >= 11 is 0. The SMILES string of the molecule is CC(NCCOc1cccc(NC(=O)OC(C)(C)C)c1)C(C)(C)O. The molecule has 1 rings (SSSR count). The second kappa shape index (κ2) is 8.35. The van der Waals surface area contributed by atoms with Gasteiger partial charge in [0.1, 0.15) is 18.0 Å². The molecule has 0 aromatic heterocycles. The average Bonchev–Trinajstić information content (AvgIpc) is 2.40. The van der Waals surface area contributed by atoms with Crippen LogP contribution in [0.3, 0.4) is 0 Å². The van der Waals surface area contributed by atoms with E-state index in [1.54, 1.807) is 32.0 Å². The summed E-state index contributed by atoms with van der Waals surface area (Å²) in [5, 5.41) is 15.7. The zero-order valence-corrected chi connectivity index (χ0v) is 15.5. The van der Waals surface area contributed by atoms with Crippen molar-refractivity contribution in [2.45, 2.75) is 58.8 Å². The molecule has 1 aromatic rings. The first-order chi connectivity index (χ1) is 11.0. The molecule has 1 aromatic carbocycles. The number of aliphatic hydroxyl groups is 1. The highest BCUT2D eigenvalue weighted by Crippen LogP contribution is 2.18. The van der Waals surface area contributed by atoms with Crippen LogP contribution in [0.15, 0.2) is 24.3 Å². The Morgan fingerprint density at radius 1 is 1.25 bits per heavy atom. The number of carbonyl (C=O) groups is 1. The first kappa shape index (κ1) is 20.3. The lowest BCUT2D eigenvalue weighted by molar-refractivity contribution is 0.0432. The van der Waals surface area contributed by atoms with E-state index in [4.69, 9.17) is 9.47 Å². The van der Waals surface area contributed by atoms with Gasteiger partial charge in [-0.3, -0.25) is 5.32 Å². The average molecular weight is 338 g/mol. The fourth-order valence-corrected chi connectivity index (χ4v) is 1.78. The third kappa shape index (κ3) is 8.17. The molecule has 0 spiro atoms. The number of hydrogen-bond acceptors (Lipinski definition) is 5. The zero-order valence-electron chi connectivity index (χ0n) is 15.5. The first-order valence-electron chi connectivity index (χ1n) is 8.16. The van der Waals surface area contributed by atoms with Gasteiger partial charge in [0.2, 0.25) is 0 Å². The number of amides is 1. The van der Waals surface area contributed by atoms with Crippen molar-refractivity contribution in [1.82, 2.24) is 5.32 Å². The van der Waals surface area contributed by atoms with E-state index < -0.39 is 17.3 Å². The fraction of sp³-hybridized carbons (Fsp3) is 0.611. The van der Waals surface area contributed by atoms with Crippen molar-refractivity contribution >= 4 is 11.8 Å². The molecule has 136 valence electrons. The summed E-state index contributed by atoms with van der Waals surface area (Å²) < 4.78 is 10.9. The molecular weight excluding hydrogens is 308 g/mol. The van der Waals surface area contributed by atoms with Crippen LogP contribution < -0.4 is 15.4 Å². The minimum Gasteiger partial charge on any atom is -0.492 e. The van der Waals surface area contributed by atoms with Crippen LogP contribution in [0.5, 0.6) is 5.75 Å². The normalized spacial score (nSPS) is 13.3. The second-order valence-corrected chi connectivity index (χ2v) is 7.33. The second-order valence-electron chi connectivity index (χ2n) is 7.33. The highest BCUT2D eigenvalue weighted by atomic mass is 16.6. The van der Waals surface area contributed by atoms with E-state index in [1.165, 1.54) is 0 Å². The monoisotopic (exact) mass is 338 g/mol. The Labute approximate surface area is 144 Å². The van der Waals surface area contributed by atoms with Gasteiger partial charge in [0.05, 0.1) is 5.60 Å². The van der Waals surface area contributed by atoms with Gasteiger partial charge in [-0.05, 0) is 53.7 Å². The standard InChI is InChI=1S/C18H30N2O4/c1-13(18(5,6)22)19-10-11-23-15-9-7-8-14(12-15)20-16(21)24-17(2,3)4/h7-9,12-13,19,22H,10-11H2,1-6H3,(H,20,21). The van der Waals surface area contributed by atoms with Crippen LogP contribution in [0.4, 0.5) is 10.5 Å². The largest absolute Gasteiger partial charge is 0.492 e. The topological polar surface area (TPSA) is 79.8 Å². The Hall–Kier alpha value is -1.79. The minimum absolute atomic E-state index is 0.0405. The number of hydrogen-bond donors (Lipinski definition) is 3. The summed E-state index contributed by atoms with van der Waals surface area (Å²) in [5.41, 5.74) is -0.710. The lowest BCUT2D eigenvalue weighted by Crippen LogP contribution is -2.45. The van der Waals surface area contributed by atoms with Crippen molar-refractivity contribution in [3.05, 3.63) is 24.3 Å².